The van der Waals surface area contributed by atoms with E-state index in [1.807, 2.05) is 41.5 Å². The number of carboxylic acids is 1. The van der Waals surface area contributed by atoms with Crippen molar-refractivity contribution >= 4 is 54.9 Å². The second kappa shape index (κ2) is 6.23. The van der Waals surface area contributed by atoms with Crippen molar-refractivity contribution in [1.29, 1.82) is 0 Å². The summed E-state index contributed by atoms with van der Waals surface area (Å²) in [6, 6.07) is 3.12. The second-order valence-electron chi connectivity index (χ2n) is 6.73. The van der Waals surface area contributed by atoms with Crippen molar-refractivity contribution in [3.63, 3.8) is 0 Å². The molecule has 0 aromatic heterocycles. The quantitative estimate of drug-likeness (QED) is 0.726. The number of carboxylic acid groups (broad SMARTS) is 1. The SMILES string of the molecule is CC(C)(C)c1cc(C(=O)O)cc(C(C)(C)C)c1O.[BaH2]. The molecule has 1 rings (SSSR count). The zero-order chi connectivity index (χ0) is 14.3. The van der Waals surface area contributed by atoms with Crippen molar-refractivity contribution in [2.75, 3.05) is 0 Å². The summed E-state index contributed by atoms with van der Waals surface area (Å²) in [5, 5.41) is 19.5. The number of aromatic carboxylic acids is 1. The zero-order valence-corrected chi connectivity index (χ0v) is 12.0. The average molecular weight is 390 g/mol. The van der Waals surface area contributed by atoms with Crippen LogP contribution in [0.25, 0.3) is 0 Å². The molecule has 0 heterocycles. The topological polar surface area (TPSA) is 57.5 Å². The van der Waals surface area contributed by atoms with Crippen molar-refractivity contribution in [3.05, 3.63) is 28.8 Å². The van der Waals surface area contributed by atoms with Gasteiger partial charge < -0.3 is 10.2 Å². The van der Waals surface area contributed by atoms with E-state index in [0.717, 1.165) is 0 Å². The van der Waals surface area contributed by atoms with Gasteiger partial charge in [0.1, 0.15) is 5.75 Å². The molecule has 0 atom stereocenters. The molecule has 0 aliphatic heterocycles. The Hall–Kier alpha value is 0.0614. The zero-order valence-electron chi connectivity index (χ0n) is 12.0. The van der Waals surface area contributed by atoms with E-state index in [1.54, 1.807) is 12.1 Å². The molecule has 104 valence electrons. The number of aromatic hydroxyl groups is 1. The van der Waals surface area contributed by atoms with Gasteiger partial charge in [0.25, 0.3) is 0 Å². The molecule has 0 spiro atoms. The molecule has 0 aliphatic carbocycles. The van der Waals surface area contributed by atoms with Gasteiger partial charge in [0.05, 0.1) is 5.56 Å². The molecule has 3 nitrogen and oxygen atoms in total. The Morgan fingerprint density at radius 1 is 0.947 bits per heavy atom. The fraction of sp³-hybridized carbons (Fsp3) is 0.533. The molecule has 0 radical (unpaired) electrons. The number of hydrogen-bond donors (Lipinski definition) is 2. The molecular formula is C15H24BaO3. The van der Waals surface area contributed by atoms with Gasteiger partial charge >= 0.3 is 54.9 Å². The first-order chi connectivity index (χ1) is 7.94. The molecule has 0 bridgehead atoms. The van der Waals surface area contributed by atoms with E-state index in [1.165, 1.54) is 0 Å². The number of carbonyl (C=O) groups is 1. The molecule has 19 heavy (non-hydrogen) atoms. The van der Waals surface area contributed by atoms with Crippen molar-refractivity contribution < 1.29 is 15.0 Å². The molecular weight excluding hydrogens is 365 g/mol. The monoisotopic (exact) mass is 390 g/mol. The normalized spacial score (nSPS) is 11.9. The van der Waals surface area contributed by atoms with E-state index in [4.69, 9.17) is 0 Å². The van der Waals surface area contributed by atoms with Crippen LogP contribution in [0.1, 0.15) is 63.0 Å². The first-order valence-corrected chi connectivity index (χ1v) is 6.06. The molecule has 1 aromatic rings. The minimum atomic E-state index is -0.967. The molecule has 0 unspecified atom stereocenters. The van der Waals surface area contributed by atoms with Crippen molar-refractivity contribution in [2.24, 2.45) is 0 Å². The van der Waals surface area contributed by atoms with Gasteiger partial charge in [0, 0.05) is 11.1 Å². The first-order valence-electron chi connectivity index (χ1n) is 6.06. The van der Waals surface area contributed by atoms with E-state index in [0.29, 0.717) is 11.1 Å². The van der Waals surface area contributed by atoms with Crippen molar-refractivity contribution in [1.82, 2.24) is 0 Å². The van der Waals surface area contributed by atoms with Crippen molar-refractivity contribution in [2.45, 2.75) is 52.4 Å². The van der Waals surface area contributed by atoms with Crippen LogP contribution in [0.2, 0.25) is 0 Å². The van der Waals surface area contributed by atoms with E-state index < -0.39 is 5.97 Å². The summed E-state index contributed by atoms with van der Waals surface area (Å²) >= 11 is 0. The van der Waals surface area contributed by atoms with Crippen LogP contribution in [0.4, 0.5) is 0 Å². The Labute approximate surface area is 155 Å². The van der Waals surface area contributed by atoms with Crippen LogP contribution in [-0.2, 0) is 10.8 Å². The second-order valence-corrected chi connectivity index (χ2v) is 6.73. The van der Waals surface area contributed by atoms with Crippen LogP contribution >= 0.6 is 0 Å². The van der Waals surface area contributed by atoms with Gasteiger partial charge in [-0.15, -0.1) is 0 Å². The Morgan fingerprint density at radius 2 is 1.26 bits per heavy atom. The Kier molecular flexibility index (Phi) is 6.25. The maximum atomic E-state index is 11.2. The third kappa shape index (κ3) is 4.53. The molecule has 1 aromatic carbocycles. The summed E-state index contributed by atoms with van der Waals surface area (Å²) in [4.78, 5) is 11.2. The van der Waals surface area contributed by atoms with E-state index in [9.17, 15) is 15.0 Å². The summed E-state index contributed by atoms with van der Waals surface area (Å²) in [6.45, 7) is 11.8. The third-order valence-electron chi connectivity index (χ3n) is 2.97. The van der Waals surface area contributed by atoms with Gasteiger partial charge in [0.2, 0.25) is 0 Å². The molecule has 0 amide bonds. The number of phenolic OH excluding ortho intramolecular Hbond substituents is 1. The van der Waals surface area contributed by atoms with Gasteiger partial charge in [-0.05, 0) is 23.0 Å². The number of rotatable bonds is 1. The molecule has 2 N–H and O–H groups in total. The maximum absolute atomic E-state index is 11.2. The predicted octanol–water partition coefficient (Wildman–Crippen LogP) is 2.77. The minimum absolute atomic E-state index is 0. The summed E-state index contributed by atoms with van der Waals surface area (Å²) in [7, 11) is 0. The van der Waals surface area contributed by atoms with Crippen LogP contribution in [0, 0.1) is 0 Å². The van der Waals surface area contributed by atoms with Crippen LogP contribution in [0.3, 0.4) is 0 Å². The van der Waals surface area contributed by atoms with Gasteiger partial charge in [-0.2, -0.15) is 0 Å². The van der Waals surface area contributed by atoms with E-state index >= 15 is 0 Å². The van der Waals surface area contributed by atoms with Gasteiger partial charge in [-0.3, -0.25) is 0 Å². The Morgan fingerprint density at radius 3 is 1.47 bits per heavy atom. The molecule has 0 fully saturated rings. The molecule has 0 saturated carbocycles. The summed E-state index contributed by atoms with van der Waals surface area (Å²) in [5.41, 5.74) is 0.979. The van der Waals surface area contributed by atoms with E-state index in [-0.39, 0.29) is 71.0 Å². The standard InChI is InChI=1S/C15H22O3.Ba.2H/c1-14(2,3)10-7-9(13(17)18)8-11(12(10)16)15(4,5)6;;;/h7-8,16H,1-6H3,(H,17,18);;;. The fourth-order valence-corrected chi connectivity index (χ4v) is 1.90. The van der Waals surface area contributed by atoms with Crippen LogP contribution in [0.5, 0.6) is 5.75 Å². The predicted molar refractivity (Wildman–Crippen MR) is 81.0 cm³/mol. The average Bonchev–Trinajstić information content (AvgIpc) is 2.13. The fourth-order valence-electron chi connectivity index (χ4n) is 1.90. The van der Waals surface area contributed by atoms with Crippen molar-refractivity contribution in [3.8, 4) is 5.75 Å². The van der Waals surface area contributed by atoms with Crippen LogP contribution in [0.15, 0.2) is 12.1 Å². The van der Waals surface area contributed by atoms with Gasteiger partial charge in [-0.1, -0.05) is 41.5 Å². The number of hydrogen-bond acceptors (Lipinski definition) is 2. The first kappa shape index (κ1) is 19.1. The molecule has 0 aliphatic rings. The van der Waals surface area contributed by atoms with E-state index in [2.05, 4.69) is 0 Å². The number of phenols is 1. The van der Waals surface area contributed by atoms with Gasteiger partial charge in [-0.25, -0.2) is 4.79 Å². The third-order valence-corrected chi connectivity index (χ3v) is 2.97. The summed E-state index contributed by atoms with van der Waals surface area (Å²) in [5.74, 6) is -0.758. The van der Waals surface area contributed by atoms with Crippen LogP contribution in [-0.4, -0.2) is 65.1 Å². The summed E-state index contributed by atoms with van der Waals surface area (Å²) < 4.78 is 0. The Balaban J connectivity index is 0.00000324. The number of benzene rings is 1. The van der Waals surface area contributed by atoms with Gasteiger partial charge in [0.15, 0.2) is 0 Å². The molecule has 0 saturated heterocycles. The Bertz CT molecular complexity index is 444. The van der Waals surface area contributed by atoms with Crippen LogP contribution < -0.4 is 0 Å². The molecule has 4 heteroatoms. The summed E-state index contributed by atoms with van der Waals surface area (Å²) in [6.07, 6.45) is 0.